The standard InChI is InChI=1S/C10H10N2O2/c1-7-3-4-11-12-6-8(5-9(7)12)10(13)14-2/h3-6H,1-2H3. The molecule has 0 aliphatic rings. The monoisotopic (exact) mass is 190 g/mol. The molecule has 0 saturated heterocycles. The quantitative estimate of drug-likeness (QED) is 0.639. The van der Waals surface area contributed by atoms with Gasteiger partial charge in [0.05, 0.1) is 18.2 Å². The summed E-state index contributed by atoms with van der Waals surface area (Å²) in [5.41, 5.74) is 2.53. The van der Waals surface area contributed by atoms with Crippen LogP contribution < -0.4 is 0 Å². The van der Waals surface area contributed by atoms with Gasteiger partial charge in [0.1, 0.15) is 0 Å². The van der Waals surface area contributed by atoms with Crippen LogP contribution in [0, 0.1) is 6.92 Å². The molecule has 0 unspecified atom stereocenters. The van der Waals surface area contributed by atoms with Crippen molar-refractivity contribution in [1.29, 1.82) is 0 Å². The Kier molecular flexibility index (Phi) is 1.96. The molecule has 0 aliphatic heterocycles. The Morgan fingerprint density at radius 1 is 1.57 bits per heavy atom. The maximum absolute atomic E-state index is 11.2. The largest absolute Gasteiger partial charge is 0.465 e. The molecule has 0 amide bonds. The molecular weight excluding hydrogens is 180 g/mol. The predicted octanol–water partition coefficient (Wildman–Crippen LogP) is 1.43. The number of carbonyl (C=O) groups is 1. The maximum atomic E-state index is 11.2. The van der Waals surface area contributed by atoms with Crippen LogP contribution in [0.1, 0.15) is 15.9 Å². The van der Waals surface area contributed by atoms with Crippen molar-refractivity contribution in [1.82, 2.24) is 9.61 Å². The van der Waals surface area contributed by atoms with E-state index >= 15 is 0 Å². The van der Waals surface area contributed by atoms with Crippen LogP contribution in [-0.4, -0.2) is 22.7 Å². The van der Waals surface area contributed by atoms with Gasteiger partial charge in [0.2, 0.25) is 0 Å². The number of aromatic nitrogens is 2. The van der Waals surface area contributed by atoms with E-state index in [0.717, 1.165) is 11.1 Å². The topological polar surface area (TPSA) is 43.6 Å². The van der Waals surface area contributed by atoms with E-state index < -0.39 is 0 Å². The lowest BCUT2D eigenvalue weighted by Crippen LogP contribution is -1.98. The fourth-order valence-electron chi connectivity index (χ4n) is 1.37. The number of rotatable bonds is 1. The van der Waals surface area contributed by atoms with Crippen LogP contribution in [0.15, 0.2) is 24.5 Å². The lowest BCUT2D eigenvalue weighted by Gasteiger charge is -1.94. The fraction of sp³-hybridized carbons (Fsp3) is 0.200. The molecule has 0 atom stereocenters. The molecular formula is C10H10N2O2. The van der Waals surface area contributed by atoms with Gasteiger partial charge >= 0.3 is 5.97 Å². The summed E-state index contributed by atoms with van der Waals surface area (Å²) < 4.78 is 6.29. The molecule has 0 aliphatic carbocycles. The third-order valence-electron chi connectivity index (χ3n) is 2.14. The van der Waals surface area contributed by atoms with E-state index in [9.17, 15) is 4.79 Å². The van der Waals surface area contributed by atoms with Gasteiger partial charge in [0, 0.05) is 12.4 Å². The SMILES string of the molecule is COC(=O)c1cc2c(C)ccnn2c1. The van der Waals surface area contributed by atoms with E-state index in [4.69, 9.17) is 0 Å². The van der Waals surface area contributed by atoms with Crippen molar-refractivity contribution in [2.24, 2.45) is 0 Å². The molecule has 2 rings (SSSR count). The third kappa shape index (κ3) is 1.25. The van der Waals surface area contributed by atoms with Gasteiger partial charge in [0.25, 0.3) is 0 Å². The van der Waals surface area contributed by atoms with E-state index in [0.29, 0.717) is 5.56 Å². The number of methoxy groups -OCH3 is 1. The molecule has 0 bridgehead atoms. The molecule has 0 aromatic carbocycles. The van der Waals surface area contributed by atoms with Crippen molar-refractivity contribution in [2.75, 3.05) is 7.11 Å². The van der Waals surface area contributed by atoms with E-state index in [1.807, 2.05) is 13.0 Å². The van der Waals surface area contributed by atoms with Crippen LogP contribution >= 0.6 is 0 Å². The lowest BCUT2D eigenvalue weighted by atomic mass is 10.2. The number of aryl methyl sites for hydroxylation is 1. The molecule has 0 radical (unpaired) electrons. The maximum Gasteiger partial charge on any atom is 0.339 e. The van der Waals surface area contributed by atoms with Gasteiger partial charge in [-0.1, -0.05) is 0 Å². The second-order valence-corrected chi connectivity index (χ2v) is 3.06. The summed E-state index contributed by atoms with van der Waals surface area (Å²) >= 11 is 0. The average Bonchev–Trinajstić information content (AvgIpc) is 2.62. The Labute approximate surface area is 81.1 Å². The number of hydrogen-bond acceptors (Lipinski definition) is 3. The second-order valence-electron chi connectivity index (χ2n) is 3.06. The summed E-state index contributed by atoms with van der Waals surface area (Å²) in [5.74, 6) is -0.338. The minimum absolute atomic E-state index is 0.338. The van der Waals surface area contributed by atoms with Gasteiger partial charge in [-0.25, -0.2) is 9.31 Å². The molecule has 14 heavy (non-hydrogen) atoms. The molecule has 2 heterocycles. The van der Waals surface area contributed by atoms with Gasteiger partial charge in [-0.2, -0.15) is 5.10 Å². The zero-order valence-electron chi connectivity index (χ0n) is 8.02. The number of esters is 1. The van der Waals surface area contributed by atoms with E-state index in [2.05, 4.69) is 9.84 Å². The molecule has 0 spiro atoms. The number of ether oxygens (including phenoxy) is 1. The molecule has 0 saturated carbocycles. The van der Waals surface area contributed by atoms with Crippen LogP contribution in [0.4, 0.5) is 0 Å². The summed E-state index contributed by atoms with van der Waals surface area (Å²) in [5, 5.41) is 4.09. The summed E-state index contributed by atoms with van der Waals surface area (Å²) in [6.45, 7) is 1.97. The molecule has 0 N–H and O–H groups in total. The van der Waals surface area contributed by atoms with E-state index in [1.54, 1.807) is 23.0 Å². The van der Waals surface area contributed by atoms with Gasteiger partial charge in [0.15, 0.2) is 0 Å². The minimum Gasteiger partial charge on any atom is -0.465 e. The zero-order valence-corrected chi connectivity index (χ0v) is 8.02. The number of carbonyl (C=O) groups excluding carboxylic acids is 1. The van der Waals surface area contributed by atoms with Gasteiger partial charge in [-0.15, -0.1) is 0 Å². The molecule has 4 heteroatoms. The first-order chi connectivity index (χ1) is 6.72. The summed E-state index contributed by atoms with van der Waals surface area (Å²) in [6, 6.07) is 3.67. The first-order valence-electron chi connectivity index (χ1n) is 4.24. The van der Waals surface area contributed by atoms with Crippen LogP contribution in [-0.2, 0) is 4.74 Å². The third-order valence-corrected chi connectivity index (χ3v) is 2.14. The summed E-state index contributed by atoms with van der Waals surface area (Å²) in [7, 11) is 1.37. The van der Waals surface area contributed by atoms with Crippen LogP contribution in [0.3, 0.4) is 0 Å². The molecule has 2 aromatic heterocycles. The molecule has 2 aromatic rings. The number of hydrogen-bond donors (Lipinski definition) is 0. The van der Waals surface area contributed by atoms with Gasteiger partial charge < -0.3 is 4.74 Å². The van der Waals surface area contributed by atoms with E-state index in [-0.39, 0.29) is 5.97 Å². The summed E-state index contributed by atoms with van der Waals surface area (Å²) in [6.07, 6.45) is 3.36. The molecule has 0 fully saturated rings. The number of nitrogens with zero attached hydrogens (tertiary/aromatic N) is 2. The van der Waals surface area contributed by atoms with Crippen molar-refractivity contribution in [3.8, 4) is 0 Å². The van der Waals surface area contributed by atoms with Crippen molar-refractivity contribution >= 4 is 11.5 Å². The first-order valence-corrected chi connectivity index (χ1v) is 4.24. The predicted molar refractivity (Wildman–Crippen MR) is 51.3 cm³/mol. The highest BCUT2D eigenvalue weighted by molar-refractivity contribution is 5.91. The smallest absolute Gasteiger partial charge is 0.339 e. The van der Waals surface area contributed by atoms with Crippen molar-refractivity contribution < 1.29 is 9.53 Å². The van der Waals surface area contributed by atoms with Gasteiger partial charge in [-0.3, -0.25) is 0 Å². The van der Waals surface area contributed by atoms with Crippen LogP contribution in [0.2, 0.25) is 0 Å². The fourth-order valence-corrected chi connectivity index (χ4v) is 1.37. The second kappa shape index (κ2) is 3.14. The molecule has 72 valence electrons. The van der Waals surface area contributed by atoms with Gasteiger partial charge in [-0.05, 0) is 24.6 Å². The first kappa shape index (κ1) is 8.74. The number of fused-ring (bicyclic) bond motifs is 1. The van der Waals surface area contributed by atoms with E-state index in [1.165, 1.54) is 7.11 Å². The Hall–Kier alpha value is -1.84. The normalized spacial score (nSPS) is 10.4. The lowest BCUT2D eigenvalue weighted by molar-refractivity contribution is 0.0601. The van der Waals surface area contributed by atoms with Crippen molar-refractivity contribution in [2.45, 2.75) is 6.92 Å². The molecule has 4 nitrogen and oxygen atoms in total. The zero-order chi connectivity index (χ0) is 10.1. The average molecular weight is 190 g/mol. The highest BCUT2D eigenvalue weighted by Crippen LogP contribution is 2.13. The van der Waals surface area contributed by atoms with Crippen LogP contribution in [0.5, 0.6) is 0 Å². The Bertz CT molecular complexity index is 488. The summed E-state index contributed by atoms with van der Waals surface area (Å²) in [4.78, 5) is 11.2. The van der Waals surface area contributed by atoms with Crippen LogP contribution in [0.25, 0.3) is 5.52 Å². The Morgan fingerprint density at radius 2 is 2.36 bits per heavy atom. The minimum atomic E-state index is -0.338. The highest BCUT2D eigenvalue weighted by atomic mass is 16.5. The highest BCUT2D eigenvalue weighted by Gasteiger charge is 2.09. The van der Waals surface area contributed by atoms with Crippen molar-refractivity contribution in [3.63, 3.8) is 0 Å². The Morgan fingerprint density at radius 3 is 3.00 bits per heavy atom. The van der Waals surface area contributed by atoms with Crippen molar-refractivity contribution in [3.05, 3.63) is 35.7 Å². The Balaban J connectivity index is 2.62.